The smallest absolute Gasteiger partial charge is 0.336 e. The number of hydrogen-bond acceptors (Lipinski definition) is 6. The van der Waals surface area contributed by atoms with Crippen LogP contribution in [0.5, 0.6) is 5.75 Å². The summed E-state index contributed by atoms with van der Waals surface area (Å²) in [5, 5.41) is 5.02. The van der Waals surface area contributed by atoms with E-state index < -0.39 is 0 Å². The van der Waals surface area contributed by atoms with Gasteiger partial charge >= 0.3 is 6.03 Å². The van der Waals surface area contributed by atoms with E-state index in [9.17, 15) is 4.79 Å². The monoisotopic (exact) mass is 474 g/mol. The Labute approximate surface area is 207 Å². The highest BCUT2D eigenvalue weighted by Crippen LogP contribution is 2.31. The molecule has 0 saturated carbocycles. The van der Waals surface area contributed by atoms with E-state index in [1.54, 1.807) is 7.11 Å². The molecule has 1 aliphatic rings. The lowest BCUT2D eigenvalue weighted by molar-refractivity contribution is 0.194. The largest absolute Gasteiger partial charge is 0.497 e. The van der Waals surface area contributed by atoms with Gasteiger partial charge in [-0.2, -0.15) is 0 Å². The Balaban J connectivity index is 1.53. The number of piperazine rings is 1. The highest BCUT2D eigenvalue weighted by Gasteiger charge is 2.25. The lowest BCUT2D eigenvalue weighted by Crippen LogP contribution is -2.54. The number of methoxy groups -OCH3 is 1. The van der Waals surface area contributed by atoms with E-state index in [1.165, 1.54) is 0 Å². The Morgan fingerprint density at radius 3 is 2.46 bits per heavy atom. The van der Waals surface area contributed by atoms with E-state index in [4.69, 9.17) is 9.72 Å². The summed E-state index contributed by atoms with van der Waals surface area (Å²) >= 11 is 0. The molecule has 3 aromatic rings. The number of nitrogens with one attached hydrogen (secondary N) is 2. The Morgan fingerprint density at radius 2 is 1.80 bits per heavy atom. The second-order valence-corrected chi connectivity index (χ2v) is 8.47. The van der Waals surface area contributed by atoms with Crippen LogP contribution in [0.15, 0.2) is 60.7 Å². The Kier molecular flexibility index (Phi) is 7.60. The number of pyridine rings is 1. The number of amides is 2. The second kappa shape index (κ2) is 11.0. The highest BCUT2D eigenvalue weighted by atomic mass is 16.5. The number of urea groups is 1. The van der Waals surface area contributed by atoms with E-state index in [-0.39, 0.29) is 6.03 Å². The summed E-state index contributed by atoms with van der Waals surface area (Å²) in [5.74, 6) is 1.55. The van der Waals surface area contributed by atoms with Crippen molar-refractivity contribution < 1.29 is 9.53 Å². The van der Waals surface area contributed by atoms with Crippen LogP contribution in [-0.2, 0) is 6.42 Å². The van der Waals surface area contributed by atoms with Gasteiger partial charge < -0.3 is 19.9 Å². The van der Waals surface area contributed by atoms with Crippen molar-refractivity contribution in [3.63, 3.8) is 0 Å². The first-order valence-corrected chi connectivity index (χ1v) is 12.0. The van der Waals surface area contributed by atoms with Gasteiger partial charge in [0.2, 0.25) is 0 Å². The topological polar surface area (TPSA) is 73.0 Å². The van der Waals surface area contributed by atoms with E-state index in [0.717, 1.165) is 53.6 Å². The number of carbonyl (C=O) groups excluding carboxylic acids is 1. The number of aromatic nitrogens is 1. The molecule has 2 amide bonds. The first-order chi connectivity index (χ1) is 17.0. The van der Waals surface area contributed by atoms with Crippen molar-refractivity contribution in [3.8, 4) is 5.75 Å². The average molecular weight is 475 g/mol. The first kappa shape index (κ1) is 24.2. The fourth-order valence-electron chi connectivity index (χ4n) is 4.33. The molecule has 184 valence electrons. The predicted octanol–water partition coefficient (Wildman–Crippen LogP) is 4.59. The molecule has 8 nitrogen and oxygen atoms in total. The fourth-order valence-corrected chi connectivity index (χ4v) is 4.33. The number of benzene rings is 2. The van der Waals surface area contributed by atoms with Gasteiger partial charge in [-0.05, 0) is 49.2 Å². The molecule has 1 aromatic heterocycles. The molecule has 0 atom stereocenters. The molecule has 0 bridgehead atoms. The van der Waals surface area contributed by atoms with Crippen molar-refractivity contribution in [1.82, 2.24) is 15.3 Å². The Morgan fingerprint density at radius 1 is 1.06 bits per heavy atom. The third-order valence-electron chi connectivity index (χ3n) is 6.36. The maximum atomic E-state index is 13.4. The van der Waals surface area contributed by atoms with Gasteiger partial charge in [-0.15, -0.1) is 0 Å². The lowest BCUT2D eigenvalue weighted by atomic mass is 10.1. The first-order valence-electron chi connectivity index (χ1n) is 12.0. The van der Waals surface area contributed by atoms with Crippen molar-refractivity contribution >= 4 is 28.9 Å². The number of para-hydroxylation sites is 1. The zero-order chi connectivity index (χ0) is 24.8. The molecule has 0 spiro atoms. The molecule has 1 aliphatic heterocycles. The average Bonchev–Trinajstić information content (AvgIpc) is 2.92. The number of aryl methyl sites for hydroxylation is 2. The van der Waals surface area contributed by atoms with Crippen molar-refractivity contribution in [3.05, 3.63) is 71.9 Å². The third-order valence-corrected chi connectivity index (χ3v) is 6.36. The molecule has 0 aliphatic carbocycles. The minimum atomic E-state index is -0.139. The minimum absolute atomic E-state index is 0.139. The van der Waals surface area contributed by atoms with Crippen molar-refractivity contribution in [1.29, 1.82) is 0 Å². The number of carbonyl (C=O) groups is 1. The summed E-state index contributed by atoms with van der Waals surface area (Å²) < 4.78 is 5.36. The summed E-state index contributed by atoms with van der Waals surface area (Å²) in [6.45, 7) is 6.87. The number of ether oxygens (including phenoxy) is 1. The zero-order valence-electron chi connectivity index (χ0n) is 20.9. The van der Waals surface area contributed by atoms with Gasteiger partial charge in [0.15, 0.2) is 5.82 Å². The van der Waals surface area contributed by atoms with E-state index in [1.807, 2.05) is 72.4 Å². The molecule has 8 heteroatoms. The summed E-state index contributed by atoms with van der Waals surface area (Å²) in [5.41, 5.74) is 8.03. The number of hydrogen-bond donors (Lipinski definition) is 2. The molecule has 35 heavy (non-hydrogen) atoms. The third kappa shape index (κ3) is 5.42. The number of hydrazine groups is 1. The van der Waals surface area contributed by atoms with E-state index >= 15 is 0 Å². The quantitative estimate of drug-likeness (QED) is 0.488. The van der Waals surface area contributed by atoms with Gasteiger partial charge in [-0.1, -0.05) is 31.2 Å². The van der Waals surface area contributed by atoms with Crippen molar-refractivity contribution in [2.45, 2.75) is 20.3 Å². The van der Waals surface area contributed by atoms with E-state index in [2.05, 4.69) is 34.7 Å². The molecule has 0 radical (unpaired) electrons. The normalized spacial score (nSPS) is 13.4. The summed E-state index contributed by atoms with van der Waals surface area (Å²) in [4.78, 5) is 22.3. The van der Waals surface area contributed by atoms with Gasteiger partial charge in [0, 0.05) is 50.7 Å². The molecule has 4 rings (SSSR count). The van der Waals surface area contributed by atoms with Crippen LogP contribution in [0.2, 0.25) is 0 Å². The van der Waals surface area contributed by atoms with Gasteiger partial charge in [-0.25, -0.2) is 20.2 Å². The number of rotatable bonds is 7. The number of nitrogens with zero attached hydrogens (tertiary/aromatic N) is 4. The maximum absolute atomic E-state index is 13.4. The SMILES string of the molecule is CCc1cc(N(NC(=O)N2CCN(c3cccc(OC)c3)CC2)c2ccccc2)c(NC)nc1C. The lowest BCUT2D eigenvalue weighted by Gasteiger charge is -2.37. The molecule has 2 aromatic carbocycles. The van der Waals surface area contributed by atoms with Crippen LogP contribution in [0.25, 0.3) is 0 Å². The van der Waals surface area contributed by atoms with Crippen LogP contribution < -0.4 is 25.4 Å². The van der Waals surface area contributed by atoms with Crippen LogP contribution in [0.3, 0.4) is 0 Å². The van der Waals surface area contributed by atoms with Crippen molar-refractivity contribution in [2.75, 3.05) is 55.6 Å². The summed E-state index contributed by atoms with van der Waals surface area (Å²) in [6.07, 6.45) is 0.860. The highest BCUT2D eigenvalue weighted by molar-refractivity contribution is 5.82. The van der Waals surface area contributed by atoms with Crippen molar-refractivity contribution in [2.24, 2.45) is 0 Å². The van der Waals surface area contributed by atoms with E-state index in [0.29, 0.717) is 18.9 Å². The van der Waals surface area contributed by atoms with Gasteiger partial charge in [0.25, 0.3) is 0 Å². The molecular formula is C27H34N6O2. The second-order valence-electron chi connectivity index (χ2n) is 8.47. The molecule has 2 heterocycles. The fraction of sp³-hybridized carbons (Fsp3) is 0.333. The Bertz CT molecular complexity index is 1150. The van der Waals surface area contributed by atoms with Crippen LogP contribution >= 0.6 is 0 Å². The summed E-state index contributed by atoms with van der Waals surface area (Å²) in [7, 11) is 3.52. The maximum Gasteiger partial charge on any atom is 0.336 e. The van der Waals surface area contributed by atoms with Crippen LogP contribution in [0.1, 0.15) is 18.2 Å². The predicted molar refractivity (Wildman–Crippen MR) is 142 cm³/mol. The molecule has 1 saturated heterocycles. The van der Waals surface area contributed by atoms with Crippen LogP contribution in [0, 0.1) is 6.92 Å². The van der Waals surface area contributed by atoms with Gasteiger partial charge in [0.05, 0.1) is 12.8 Å². The van der Waals surface area contributed by atoms with Crippen LogP contribution in [-0.4, -0.2) is 56.3 Å². The van der Waals surface area contributed by atoms with Gasteiger partial charge in [-0.3, -0.25) is 0 Å². The van der Waals surface area contributed by atoms with Crippen LogP contribution in [0.4, 0.5) is 27.7 Å². The number of anilines is 4. The molecule has 0 unspecified atom stereocenters. The minimum Gasteiger partial charge on any atom is -0.497 e. The summed E-state index contributed by atoms with van der Waals surface area (Å²) in [6, 6.07) is 19.8. The Hall–Kier alpha value is -3.94. The molecule has 1 fully saturated rings. The molecule has 2 N–H and O–H groups in total. The zero-order valence-corrected chi connectivity index (χ0v) is 20.9. The van der Waals surface area contributed by atoms with Gasteiger partial charge in [0.1, 0.15) is 11.4 Å². The molecular weight excluding hydrogens is 440 g/mol. The standard InChI is InChI=1S/C27H34N6O2/c1-5-21-18-25(26(28-3)29-20(21)2)33(22-10-7-6-8-11-22)30-27(34)32-16-14-31(15-17-32)23-12-9-13-24(19-23)35-4/h6-13,18-19H,5,14-17H2,1-4H3,(H,28,29)(H,30,34).